The third-order valence-corrected chi connectivity index (χ3v) is 6.10. The Kier molecular flexibility index (Phi) is 6.15. The van der Waals surface area contributed by atoms with E-state index >= 15 is 0 Å². The van der Waals surface area contributed by atoms with Crippen molar-refractivity contribution in [1.29, 1.82) is 0 Å². The van der Waals surface area contributed by atoms with Crippen LogP contribution < -0.4 is 0 Å². The zero-order valence-corrected chi connectivity index (χ0v) is 16.2. The van der Waals surface area contributed by atoms with Crippen molar-refractivity contribution in [1.82, 2.24) is 9.21 Å². The van der Waals surface area contributed by atoms with Gasteiger partial charge in [0.1, 0.15) is 5.82 Å². The monoisotopic (exact) mass is 378 g/mol. The molecule has 0 radical (unpaired) electrons. The molecule has 26 heavy (non-hydrogen) atoms. The van der Waals surface area contributed by atoms with Crippen molar-refractivity contribution < 1.29 is 17.6 Å². The van der Waals surface area contributed by atoms with Crippen molar-refractivity contribution in [3.05, 3.63) is 65.0 Å². The molecule has 0 bridgehead atoms. The van der Waals surface area contributed by atoms with Crippen LogP contribution in [-0.2, 0) is 21.4 Å². The second-order valence-corrected chi connectivity index (χ2v) is 8.43. The second kappa shape index (κ2) is 7.97. The summed E-state index contributed by atoms with van der Waals surface area (Å²) >= 11 is 0. The Balaban J connectivity index is 2.06. The van der Waals surface area contributed by atoms with Gasteiger partial charge in [0.25, 0.3) is 0 Å². The van der Waals surface area contributed by atoms with Crippen LogP contribution >= 0.6 is 0 Å². The first-order valence-corrected chi connectivity index (χ1v) is 9.57. The third kappa shape index (κ3) is 4.68. The molecule has 2 aromatic carbocycles. The minimum absolute atomic E-state index is 0.164. The van der Waals surface area contributed by atoms with Crippen LogP contribution in [0.25, 0.3) is 0 Å². The number of hydrogen-bond acceptors (Lipinski definition) is 3. The lowest BCUT2D eigenvalue weighted by molar-refractivity contribution is -0.130. The zero-order valence-electron chi connectivity index (χ0n) is 15.4. The molecule has 7 heteroatoms. The molecule has 2 rings (SSSR count). The molecule has 0 heterocycles. The van der Waals surface area contributed by atoms with E-state index < -0.39 is 10.0 Å². The largest absolute Gasteiger partial charge is 0.340 e. The molecule has 0 aromatic heterocycles. The molecule has 5 nitrogen and oxygen atoms in total. The maximum Gasteiger partial charge on any atom is 0.243 e. The van der Waals surface area contributed by atoms with Crippen LogP contribution in [0.3, 0.4) is 0 Å². The number of sulfonamides is 1. The van der Waals surface area contributed by atoms with Crippen LogP contribution in [-0.4, -0.2) is 44.2 Å². The van der Waals surface area contributed by atoms with Gasteiger partial charge in [-0.05, 0) is 54.8 Å². The van der Waals surface area contributed by atoms with E-state index in [9.17, 15) is 17.6 Å². The lowest BCUT2D eigenvalue weighted by atomic mass is 10.1. The highest BCUT2D eigenvalue weighted by Gasteiger charge is 2.24. The third-order valence-electron chi connectivity index (χ3n) is 4.30. The molecule has 2 aromatic rings. The van der Waals surface area contributed by atoms with Crippen LogP contribution in [0.2, 0.25) is 0 Å². The highest BCUT2D eigenvalue weighted by Crippen LogP contribution is 2.18. The zero-order chi connectivity index (χ0) is 19.5. The highest BCUT2D eigenvalue weighted by atomic mass is 32.2. The number of hydrogen-bond donors (Lipinski definition) is 0. The summed E-state index contributed by atoms with van der Waals surface area (Å²) in [6, 6.07) is 10.7. The van der Waals surface area contributed by atoms with E-state index in [1.807, 2.05) is 13.8 Å². The fourth-order valence-corrected chi connectivity index (χ4v) is 3.61. The van der Waals surface area contributed by atoms with Crippen LogP contribution in [0.4, 0.5) is 4.39 Å². The minimum atomic E-state index is -3.75. The quantitative estimate of drug-likeness (QED) is 0.777. The highest BCUT2D eigenvalue weighted by molar-refractivity contribution is 7.89. The first kappa shape index (κ1) is 20.1. The first-order chi connectivity index (χ1) is 12.1. The Labute approximate surface area is 154 Å². The Morgan fingerprint density at radius 2 is 1.62 bits per heavy atom. The topological polar surface area (TPSA) is 57.7 Å². The predicted octanol–water partition coefficient (Wildman–Crippen LogP) is 2.72. The molecule has 0 aliphatic carbocycles. The van der Waals surface area contributed by atoms with E-state index in [0.717, 1.165) is 21.0 Å². The average molecular weight is 378 g/mol. The number of aryl methyl sites for hydroxylation is 2. The molecule has 0 aliphatic heterocycles. The Hall–Kier alpha value is -2.25. The van der Waals surface area contributed by atoms with Gasteiger partial charge in [0, 0.05) is 20.6 Å². The van der Waals surface area contributed by atoms with Gasteiger partial charge < -0.3 is 4.90 Å². The summed E-state index contributed by atoms with van der Waals surface area (Å²) in [6.07, 6.45) is 0. The summed E-state index contributed by atoms with van der Waals surface area (Å²) in [7, 11) is -0.780. The smallest absolute Gasteiger partial charge is 0.243 e. The molecule has 0 N–H and O–H groups in total. The molecule has 140 valence electrons. The number of halogens is 1. The summed E-state index contributed by atoms with van der Waals surface area (Å²) in [6.45, 7) is 3.75. The van der Waals surface area contributed by atoms with E-state index in [2.05, 4.69) is 0 Å². The Bertz CT molecular complexity index is 896. The van der Waals surface area contributed by atoms with E-state index in [0.29, 0.717) is 0 Å². The number of carbonyl (C=O) groups is 1. The summed E-state index contributed by atoms with van der Waals surface area (Å²) in [5.41, 5.74) is 2.64. The maximum absolute atomic E-state index is 12.9. The number of carbonyl (C=O) groups excluding carboxylic acids is 1. The molecule has 0 spiro atoms. The van der Waals surface area contributed by atoms with Gasteiger partial charge >= 0.3 is 0 Å². The molecule has 0 unspecified atom stereocenters. The Morgan fingerprint density at radius 3 is 2.19 bits per heavy atom. The normalized spacial score (nSPS) is 11.6. The summed E-state index contributed by atoms with van der Waals surface area (Å²) in [5.74, 6) is -0.689. The second-order valence-electron chi connectivity index (χ2n) is 6.38. The number of benzene rings is 2. The van der Waals surface area contributed by atoms with E-state index in [1.54, 1.807) is 37.4 Å². The Morgan fingerprint density at radius 1 is 1.00 bits per heavy atom. The fraction of sp³-hybridized carbons (Fsp3) is 0.316. The van der Waals surface area contributed by atoms with Crippen molar-refractivity contribution >= 4 is 15.9 Å². The number of rotatable bonds is 6. The van der Waals surface area contributed by atoms with Gasteiger partial charge in [0.05, 0.1) is 11.4 Å². The number of amides is 1. The van der Waals surface area contributed by atoms with Gasteiger partial charge in [0.2, 0.25) is 15.9 Å². The van der Waals surface area contributed by atoms with E-state index in [-0.39, 0.29) is 29.7 Å². The lowest BCUT2D eigenvalue weighted by Gasteiger charge is -2.22. The van der Waals surface area contributed by atoms with Crippen molar-refractivity contribution in [2.24, 2.45) is 0 Å². The van der Waals surface area contributed by atoms with Gasteiger partial charge in [0.15, 0.2) is 0 Å². The van der Waals surface area contributed by atoms with Gasteiger partial charge in [-0.3, -0.25) is 4.79 Å². The molecule has 0 saturated carbocycles. The summed E-state index contributed by atoms with van der Waals surface area (Å²) < 4.78 is 39.3. The standard InChI is InChI=1S/C19H23FN2O3S/c1-14-5-10-18(11-15(14)2)26(24,25)22(4)13-19(23)21(3)12-16-6-8-17(20)9-7-16/h5-11H,12-13H2,1-4H3. The number of nitrogens with zero attached hydrogens (tertiary/aromatic N) is 2. The van der Waals surface area contributed by atoms with Crippen molar-refractivity contribution in [2.75, 3.05) is 20.6 Å². The summed E-state index contributed by atoms with van der Waals surface area (Å²) in [5, 5.41) is 0. The SMILES string of the molecule is Cc1ccc(S(=O)(=O)N(C)CC(=O)N(C)Cc2ccc(F)cc2)cc1C. The predicted molar refractivity (Wildman–Crippen MR) is 98.6 cm³/mol. The van der Waals surface area contributed by atoms with Crippen LogP contribution in [0, 0.1) is 19.7 Å². The van der Waals surface area contributed by atoms with E-state index in [4.69, 9.17) is 0 Å². The van der Waals surface area contributed by atoms with Gasteiger partial charge in [-0.25, -0.2) is 12.8 Å². The molecule has 0 fully saturated rings. The van der Waals surface area contributed by atoms with Crippen molar-refractivity contribution in [3.63, 3.8) is 0 Å². The van der Waals surface area contributed by atoms with Gasteiger partial charge in [-0.1, -0.05) is 18.2 Å². The molecular weight excluding hydrogens is 355 g/mol. The molecule has 0 saturated heterocycles. The maximum atomic E-state index is 12.9. The minimum Gasteiger partial charge on any atom is -0.340 e. The van der Waals surface area contributed by atoms with Crippen LogP contribution in [0.5, 0.6) is 0 Å². The number of likely N-dealkylation sites (N-methyl/N-ethyl adjacent to an activating group) is 2. The van der Waals surface area contributed by atoms with Gasteiger partial charge in [-0.15, -0.1) is 0 Å². The molecule has 1 amide bonds. The van der Waals surface area contributed by atoms with Gasteiger partial charge in [-0.2, -0.15) is 4.31 Å². The fourth-order valence-electron chi connectivity index (χ4n) is 2.40. The van der Waals surface area contributed by atoms with Crippen molar-refractivity contribution in [3.8, 4) is 0 Å². The first-order valence-electron chi connectivity index (χ1n) is 8.13. The molecule has 0 aliphatic rings. The lowest BCUT2D eigenvalue weighted by Crippen LogP contribution is -2.39. The molecule has 0 atom stereocenters. The average Bonchev–Trinajstić information content (AvgIpc) is 2.59. The van der Waals surface area contributed by atoms with Crippen molar-refractivity contribution in [2.45, 2.75) is 25.3 Å². The summed E-state index contributed by atoms with van der Waals surface area (Å²) in [4.78, 5) is 13.9. The van der Waals surface area contributed by atoms with Crippen LogP contribution in [0.1, 0.15) is 16.7 Å². The molecular formula is C19H23FN2O3S. The van der Waals surface area contributed by atoms with E-state index in [1.165, 1.54) is 24.1 Å². The van der Waals surface area contributed by atoms with Crippen LogP contribution in [0.15, 0.2) is 47.4 Å².